The maximum Gasteiger partial charge on any atom is 0.229 e. The third-order valence-electron chi connectivity index (χ3n) is 5.26. The topological polar surface area (TPSA) is 79.5 Å². The van der Waals surface area contributed by atoms with Crippen LogP contribution in [0.4, 0.5) is 0 Å². The van der Waals surface area contributed by atoms with E-state index in [9.17, 15) is 9.59 Å². The van der Waals surface area contributed by atoms with E-state index in [1.165, 1.54) is 0 Å². The van der Waals surface area contributed by atoms with E-state index in [1.807, 2.05) is 23.6 Å². The molecule has 2 aliphatic rings. The summed E-state index contributed by atoms with van der Waals surface area (Å²) < 4.78 is 5.31. The Balaban J connectivity index is 1.68. The molecule has 1 aromatic heterocycles. The van der Waals surface area contributed by atoms with Gasteiger partial charge in [-0.2, -0.15) is 4.98 Å². The summed E-state index contributed by atoms with van der Waals surface area (Å²) in [5, 5.41) is 4.10. The van der Waals surface area contributed by atoms with Crippen LogP contribution in [-0.2, 0) is 9.59 Å². The summed E-state index contributed by atoms with van der Waals surface area (Å²) in [5.74, 6) is 1.57. The van der Waals surface area contributed by atoms with Crippen molar-refractivity contribution in [1.82, 2.24) is 19.9 Å². The Morgan fingerprint density at radius 2 is 1.92 bits per heavy atom. The van der Waals surface area contributed by atoms with Gasteiger partial charge in [-0.05, 0) is 32.1 Å². The summed E-state index contributed by atoms with van der Waals surface area (Å²) in [6.45, 7) is 7.10. The third-order valence-corrected chi connectivity index (χ3v) is 5.26. The molecule has 2 aliphatic heterocycles. The van der Waals surface area contributed by atoms with Crippen molar-refractivity contribution in [3.63, 3.8) is 0 Å². The molecule has 0 bridgehead atoms. The zero-order valence-corrected chi connectivity index (χ0v) is 15.4. The van der Waals surface area contributed by atoms with Crippen LogP contribution in [0.5, 0.6) is 0 Å². The molecule has 0 spiro atoms. The van der Waals surface area contributed by atoms with Crippen LogP contribution in [0, 0.1) is 0 Å². The van der Waals surface area contributed by atoms with Gasteiger partial charge in [0.25, 0.3) is 0 Å². The fourth-order valence-corrected chi connectivity index (χ4v) is 3.90. The second kappa shape index (κ2) is 7.54. The van der Waals surface area contributed by atoms with Gasteiger partial charge in [-0.25, -0.2) is 0 Å². The van der Waals surface area contributed by atoms with Crippen LogP contribution in [0.15, 0.2) is 4.52 Å². The summed E-state index contributed by atoms with van der Waals surface area (Å²) in [4.78, 5) is 33.0. The summed E-state index contributed by atoms with van der Waals surface area (Å²) in [6, 6.07) is -0.0744. The van der Waals surface area contributed by atoms with Crippen molar-refractivity contribution in [2.24, 2.45) is 0 Å². The normalized spacial score (nSPS) is 24.2. The molecule has 3 rings (SSSR count). The maximum atomic E-state index is 12.9. The summed E-state index contributed by atoms with van der Waals surface area (Å²) in [6.07, 6.45) is 5.21. The molecule has 2 atom stereocenters. The van der Waals surface area contributed by atoms with Crippen LogP contribution in [0.25, 0.3) is 0 Å². The highest BCUT2D eigenvalue weighted by molar-refractivity contribution is 5.79. The van der Waals surface area contributed by atoms with Gasteiger partial charge in [0.1, 0.15) is 0 Å². The van der Waals surface area contributed by atoms with Crippen molar-refractivity contribution in [2.75, 3.05) is 13.1 Å². The first-order valence-corrected chi connectivity index (χ1v) is 9.37. The van der Waals surface area contributed by atoms with Crippen LogP contribution in [-0.4, -0.2) is 50.9 Å². The highest BCUT2D eigenvalue weighted by Crippen LogP contribution is 2.32. The number of nitrogens with zero attached hydrogens (tertiary/aromatic N) is 4. The fraction of sp³-hybridized carbons (Fsp3) is 0.778. The molecule has 2 saturated heterocycles. The number of aromatic nitrogens is 2. The Morgan fingerprint density at radius 1 is 1.16 bits per heavy atom. The maximum absolute atomic E-state index is 12.9. The minimum Gasteiger partial charge on any atom is -0.339 e. The van der Waals surface area contributed by atoms with E-state index in [4.69, 9.17) is 4.52 Å². The van der Waals surface area contributed by atoms with E-state index in [0.29, 0.717) is 18.1 Å². The Hall–Kier alpha value is -1.92. The van der Waals surface area contributed by atoms with E-state index >= 15 is 0 Å². The number of hydrogen-bond acceptors (Lipinski definition) is 5. The minimum atomic E-state index is -0.0990. The van der Waals surface area contributed by atoms with Gasteiger partial charge in [0.15, 0.2) is 5.82 Å². The van der Waals surface area contributed by atoms with Crippen molar-refractivity contribution in [1.29, 1.82) is 0 Å². The minimum absolute atomic E-state index is 0.0245. The largest absolute Gasteiger partial charge is 0.339 e. The average Bonchev–Trinajstić information content (AvgIpc) is 3.24. The molecule has 138 valence electrons. The zero-order valence-electron chi connectivity index (χ0n) is 15.4. The van der Waals surface area contributed by atoms with Crippen LogP contribution in [0.2, 0.25) is 0 Å². The molecule has 2 fully saturated rings. The second-order valence-electron chi connectivity index (χ2n) is 7.46. The van der Waals surface area contributed by atoms with Gasteiger partial charge < -0.3 is 14.3 Å². The lowest BCUT2D eigenvalue weighted by Crippen LogP contribution is -2.45. The predicted molar refractivity (Wildman–Crippen MR) is 91.7 cm³/mol. The van der Waals surface area contributed by atoms with E-state index < -0.39 is 0 Å². The second-order valence-corrected chi connectivity index (χ2v) is 7.46. The first-order valence-electron chi connectivity index (χ1n) is 9.37. The number of carbonyl (C=O) groups excluding carboxylic acids is 2. The van der Waals surface area contributed by atoms with Gasteiger partial charge in [-0.3, -0.25) is 9.59 Å². The molecule has 0 unspecified atom stereocenters. The SMILES string of the molecule is CC(=O)N1CCCC[C@H]1CC(=O)N1CCC[C@H]1c1noc(C(C)C)n1. The van der Waals surface area contributed by atoms with Gasteiger partial charge in [0.2, 0.25) is 17.7 Å². The van der Waals surface area contributed by atoms with E-state index in [0.717, 1.165) is 45.2 Å². The quantitative estimate of drug-likeness (QED) is 0.836. The molecule has 0 aliphatic carbocycles. The molecular formula is C18H28N4O3. The molecular weight excluding hydrogens is 320 g/mol. The van der Waals surface area contributed by atoms with Crippen molar-refractivity contribution < 1.29 is 14.1 Å². The summed E-state index contributed by atoms with van der Waals surface area (Å²) in [7, 11) is 0. The molecule has 7 nitrogen and oxygen atoms in total. The van der Waals surface area contributed by atoms with Crippen molar-refractivity contribution in [3.05, 3.63) is 11.7 Å². The summed E-state index contributed by atoms with van der Waals surface area (Å²) in [5.41, 5.74) is 0. The number of piperidine rings is 1. The number of rotatable bonds is 4. The Morgan fingerprint density at radius 3 is 2.60 bits per heavy atom. The van der Waals surface area contributed by atoms with Gasteiger partial charge in [-0.15, -0.1) is 0 Å². The van der Waals surface area contributed by atoms with E-state index in [1.54, 1.807) is 6.92 Å². The van der Waals surface area contributed by atoms with Crippen LogP contribution >= 0.6 is 0 Å². The molecule has 1 aromatic rings. The highest BCUT2D eigenvalue weighted by atomic mass is 16.5. The van der Waals surface area contributed by atoms with Crippen molar-refractivity contribution in [2.45, 2.75) is 77.3 Å². The molecule has 0 saturated carbocycles. The Bertz CT molecular complexity index is 628. The van der Waals surface area contributed by atoms with Gasteiger partial charge in [0, 0.05) is 38.4 Å². The molecule has 7 heteroatoms. The zero-order chi connectivity index (χ0) is 18.0. The smallest absolute Gasteiger partial charge is 0.229 e. The van der Waals surface area contributed by atoms with Crippen molar-refractivity contribution in [3.8, 4) is 0 Å². The van der Waals surface area contributed by atoms with Crippen LogP contribution in [0.3, 0.4) is 0 Å². The number of likely N-dealkylation sites (tertiary alicyclic amines) is 2. The summed E-state index contributed by atoms with van der Waals surface area (Å²) >= 11 is 0. The predicted octanol–water partition coefficient (Wildman–Crippen LogP) is 2.65. The molecule has 0 aromatic carbocycles. The van der Waals surface area contributed by atoms with E-state index in [2.05, 4.69) is 10.1 Å². The average molecular weight is 348 g/mol. The van der Waals surface area contributed by atoms with Gasteiger partial charge >= 0.3 is 0 Å². The first kappa shape index (κ1) is 17.9. The third kappa shape index (κ3) is 3.85. The van der Waals surface area contributed by atoms with E-state index in [-0.39, 0.29) is 29.8 Å². The molecule has 3 heterocycles. The van der Waals surface area contributed by atoms with Gasteiger partial charge in [0.05, 0.1) is 6.04 Å². The van der Waals surface area contributed by atoms with Crippen LogP contribution < -0.4 is 0 Å². The number of hydrogen-bond donors (Lipinski definition) is 0. The molecule has 2 amide bonds. The fourth-order valence-electron chi connectivity index (χ4n) is 3.90. The molecule has 0 N–H and O–H groups in total. The Kier molecular flexibility index (Phi) is 5.39. The molecule has 25 heavy (non-hydrogen) atoms. The van der Waals surface area contributed by atoms with Gasteiger partial charge in [-0.1, -0.05) is 19.0 Å². The number of amides is 2. The Labute approximate surface area is 148 Å². The lowest BCUT2D eigenvalue weighted by molar-refractivity contribution is -0.137. The first-order chi connectivity index (χ1) is 12.0. The molecule has 0 radical (unpaired) electrons. The lowest BCUT2D eigenvalue weighted by Gasteiger charge is -2.36. The highest BCUT2D eigenvalue weighted by Gasteiger charge is 2.36. The standard InChI is InChI=1S/C18H28N4O3/c1-12(2)18-19-17(20-25-18)15-8-6-10-22(15)16(24)11-14-7-4-5-9-21(14)13(3)23/h12,14-15H,4-11H2,1-3H3/t14-,15-/m0/s1. The number of carbonyl (C=O) groups is 2. The van der Waals surface area contributed by atoms with Crippen LogP contribution in [0.1, 0.15) is 83.0 Å². The monoisotopic (exact) mass is 348 g/mol. The lowest BCUT2D eigenvalue weighted by atomic mass is 9.98. The van der Waals surface area contributed by atoms with Crippen molar-refractivity contribution >= 4 is 11.8 Å².